The first-order valence-electron chi connectivity index (χ1n) is 5.68. The number of rotatable bonds is 4. The molecule has 1 fully saturated rings. The molecule has 0 unspecified atom stereocenters. The zero-order valence-corrected chi connectivity index (χ0v) is 11.0. The molecule has 1 aromatic carbocycles. The molecular formula is C11H12F3N3O2S. The molecule has 20 heavy (non-hydrogen) atoms. The predicted octanol–water partition coefficient (Wildman–Crippen LogP) is 1.89. The van der Waals surface area contributed by atoms with Gasteiger partial charge in [-0.3, -0.25) is 10.1 Å². The molecule has 0 spiro atoms. The summed E-state index contributed by atoms with van der Waals surface area (Å²) in [5.74, 6) is -0.635. The van der Waals surface area contributed by atoms with Crippen LogP contribution in [-0.2, 0) is 16.2 Å². The molecule has 0 aromatic heterocycles. The molecule has 0 bridgehead atoms. The fourth-order valence-corrected chi connectivity index (χ4v) is 3.06. The monoisotopic (exact) mass is 307 g/mol. The Hall–Kier alpha value is -1.77. The quantitative estimate of drug-likeness (QED) is 0.585. The summed E-state index contributed by atoms with van der Waals surface area (Å²) in [4.78, 5) is 0. The van der Waals surface area contributed by atoms with Crippen LogP contribution in [0.3, 0.4) is 0 Å². The highest BCUT2D eigenvalue weighted by molar-refractivity contribution is 7.93. The average molecular weight is 307 g/mol. The molecule has 2 rings (SSSR count). The Bertz CT molecular complexity index is 651. The van der Waals surface area contributed by atoms with Crippen LogP contribution in [0.4, 0.5) is 18.9 Å². The van der Waals surface area contributed by atoms with Crippen LogP contribution < -0.4 is 10.5 Å². The Kier molecular flexibility index (Phi) is 3.41. The summed E-state index contributed by atoms with van der Waals surface area (Å²) < 4.78 is 63.5. The lowest BCUT2D eigenvalue weighted by molar-refractivity contribution is -0.137. The molecule has 1 saturated carbocycles. The number of benzene rings is 1. The number of halogens is 3. The normalized spacial score (nSPS) is 15.9. The van der Waals surface area contributed by atoms with Crippen molar-refractivity contribution in [1.82, 2.24) is 0 Å². The van der Waals surface area contributed by atoms with Crippen molar-refractivity contribution in [3.63, 3.8) is 0 Å². The summed E-state index contributed by atoms with van der Waals surface area (Å²) in [7, 11) is -3.63. The smallest absolute Gasteiger partial charge is 0.384 e. The van der Waals surface area contributed by atoms with Gasteiger partial charge in [0.25, 0.3) is 0 Å². The zero-order chi connectivity index (χ0) is 15.1. The highest BCUT2D eigenvalue weighted by atomic mass is 32.2. The number of nitrogen functional groups attached to an aromatic ring is 1. The maximum absolute atomic E-state index is 12.6. The molecular weight excluding hydrogens is 295 g/mol. The molecule has 0 radical (unpaired) electrons. The summed E-state index contributed by atoms with van der Waals surface area (Å²) in [5, 5.41) is 6.76. The van der Waals surface area contributed by atoms with Crippen molar-refractivity contribution in [3.8, 4) is 0 Å². The molecule has 0 saturated heterocycles. The number of hydrogen-bond donors (Lipinski definition) is 3. The maximum atomic E-state index is 12.6. The van der Waals surface area contributed by atoms with E-state index in [1.54, 1.807) is 0 Å². The predicted molar refractivity (Wildman–Crippen MR) is 68.0 cm³/mol. The van der Waals surface area contributed by atoms with Crippen molar-refractivity contribution in [2.75, 3.05) is 4.72 Å². The zero-order valence-electron chi connectivity index (χ0n) is 10.2. The number of hydrogen-bond acceptors (Lipinski definition) is 3. The second-order valence-corrected chi connectivity index (χ2v) is 6.48. The number of alkyl halides is 3. The standard InChI is InChI=1S/C11H12F3N3O2S/c12-11(13,14)6-1-4-9(8(5-6)10(15)16)17-20(18,19)7-2-3-7/h1,4-5,7,17H,2-3H2,(H3,15,16). The second kappa shape index (κ2) is 4.65. The molecule has 110 valence electrons. The Morgan fingerprint density at radius 3 is 2.40 bits per heavy atom. The maximum Gasteiger partial charge on any atom is 0.416 e. The molecule has 5 nitrogen and oxygen atoms in total. The van der Waals surface area contributed by atoms with Crippen molar-refractivity contribution in [3.05, 3.63) is 29.3 Å². The number of amidine groups is 1. The van der Waals surface area contributed by atoms with Gasteiger partial charge < -0.3 is 5.73 Å². The van der Waals surface area contributed by atoms with E-state index in [0.717, 1.165) is 12.1 Å². The number of nitrogens with two attached hydrogens (primary N) is 1. The number of anilines is 1. The van der Waals surface area contributed by atoms with E-state index < -0.39 is 32.8 Å². The topological polar surface area (TPSA) is 96.0 Å². The van der Waals surface area contributed by atoms with E-state index in [-0.39, 0.29) is 11.3 Å². The molecule has 9 heteroatoms. The summed E-state index contributed by atoms with van der Waals surface area (Å²) in [6.45, 7) is 0. The van der Waals surface area contributed by atoms with Crippen LogP contribution in [-0.4, -0.2) is 19.5 Å². The van der Waals surface area contributed by atoms with Crippen molar-refractivity contribution in [2.45, 2.75) is 24.3 Å². The summed E-state index contributed by atoms with van der Waals surface area (Å²) >= 11 is 0. The second-order valence-electron chi connectivity index (χ2n) is 4.52. The van der Waals surface area contributed by atoms with Gasteiger partial charge in [-0.05, 0) is 31.0 Å². The fourth-order valence-electron chi connectivity index (χ4n) is 1.65. The van der Waals surface area contributed by atoms with Crippen molar-refractivity contribution < 1.29 is 21.6 Å². The molecule has 1 aliphatic rings. The Labute approximate surface area is 113 Å². The third-order valence-corrected chi connectivity index (χ3v) is 4.71. The first kappa shape index (κ1) is 14.6. The highest BCUT2D eigenvalue weighted by Gasteiger charge is 2.37. The molecule has 4 N–H and O–H groups in total. The third-order valence-electron chi connectivity index (χ3n) is 2.85. The summed E-state index contributed by atoms with van der Waals surface area (Å²) in [6, 6.07) is 2.38. The van der Waals surface area contributed by atoms with Crippen LogP contribution in [0.5, 0.6) is 0 Å². The van der Waals surface area contributed by atoms with Gasteiger partial charge in [0.1, 0.15) is 5.84 Å². The van der Waals surface area contributed by atoms with Gasteiger partial charge in [0.2, 0.25) is 10.0 Å². The number of nitrogens with one attached hydrogen (secondary N) is 2. The van der Waals surface area contributed by atoms with Crippen molar-refractivity contribution in [2.24, 2.45) is 5.73 Å². The van der Waals surface area contributed by atoms with E-state index in [1.165, 1.54) is 0 Å². The Morgan fingerprint density at radius 2 is 1.95 bits per heavy atom. The van der Waals surface area contributed by atoms with Gasteiger partial charge in [0.05, 0.1) is 16.5 Å². The van der Waals surface area contributed by atoms with E-state index >= 15 is 0 Å². The Morgan fingerprint density at radius 1 is 1.35 bits per heavy atom. The van der Waals surface area contributed by atoms with E-state index in [2.05, 4.69) is 4.72 Å². The molecule has 0 amide bonds. The lowest BCUT2D eigenvalue weighted by atomic mass is 10.1. The minimum atomic E-state index is -4.59. The van der Waals surface area contributed by atoms with E-state index in [0.29, 0.717) is 18.9 Å². The van der Waals surface area contributed by atoms with E-state index in [1.807, 2.05) is 0 Å². The Balaban J connectivity index is 2.40. The first-order valence-corrected chi connectivity index (χ1v) is 7.23. The van der Waals surface area contributed by atoms with Crippen LogP contribution in [0.15, 0.2) is 18.2 Å². The molecule has 1 aromatic rings. The van der Waals surface area contributed by atoms with Gasteiger partial charge in [0, 0.05) is 5.56 Å². The van der Waals surface area contributed by atoms with Crippen molar-refractivity contribution >= 4 is 21.5 Å². The van der Waals surface area contributed by atoms with E-state index in [4.69, 9.17) is 11.1 Å². The largest absolute Gasteiger partial charge is 0.416 e. The minimum absolute atomic E-state index is 0.114. The lowest BCUT2D eigenvalue weighted by Crippen LogP contribution is -2.22. The van der Waals surface area contributed by atoms with Gasteiger partial charge in [-0.25, -0.2) is 8.42 Å². The third kappa shape index (κ3) is 3.03. The first-order chi connectivity index (χ1) is 9.11. The van der Waals surface area contributed by atoms with Crippen LogP contribution in [0.25, 0.3) is 0 Å². The lowest BCUT2D eigenvalue weighted by Gasteiger charge is -2.14. The van der Waals surface area contributed by atoms with E-state index in [9.17, 15) is 21.6 Å². The molecule has 0 aliphatic heterocycles. The van der Waals surface area contributed by atoms with Crippen LogP contribution >= 0.6 is 0 Å². The van der Waals surface area contributed by atoms with Crippen LogP contribution in [0, 0.1) is 5.41 Å². The fraction of sp³-hybridized carbons (Fsp3) is 0.364. The van der Waals surface area contributed by atoms with Crippen molar-refractivity contribution in [1.29, 1.82) is 5.41 Å². The van der Waals surface area contributed by atoms with Crippen LogP contribution in [0.2, 0.25) is 0 Å². The van der Waals surface area contributed by atoms with Gasteiger partial charge in [-0.15, -0.1) is 0 Å². The van der Waals surface area contributed by atoms with Gasteiger partial charge >= 0.3 is 6.18 Å². The molecule has 0 atom stereocenters. The highest BCUT2D eigenvalue weighted by Crippen LogP contribution is 2.34. The van der Waals surface area contributed by atoms with Gasteiger partial charge in [-0.1, -0.05) is 0 Å². The molecule has 1 aliphatic carbocycles. The summed E-state index contributed by atoms with van der Waals surface area (Å²) in [6.07, 6.45) is -3.55. The van der Waals surface area contributed by atoms with Gasteiger partial charge in [-0.2, -0.15) is 13.2 Å². The number of sulfonamides is 1. The van der Waals surface area contributed by atoms with Gasteiger partial charge in [0.15, 0.2) is 0 Å². The van der Waals surface area contributed by atoms with Crippen LogP contribution in [0.1, 0.15) is 24.0 Å². The SMILES string of the molecule is N=C(N)c1cc(C(F)(F)F)ccc1NS(=O)(=O)C1CC1. The summed E-state index contributed by atoms with van der Waals surface area (Å²) in [5.41, 5.74) is 3.83. The molecule has 0 heterocycles. The minimum Gasteiger partial charge on any atom is -0.384 e. The average Bonchev–Trinajstić information content (AvgIpc) is 3.10.